The molecule has 1 unspecified atom stereocenters. The van der Waals surface area contributed by atoms with Crippen LogP contribution in [0, 0.1) is 11.6 Å². The van der Waals surface area contributed by atoms with Crippen molar-refractivity contribution in [3.63, 3.8) is 0 Å². The van der Waals surface area contributed by atoms with Crippen molar-refractivity contribution in [3.05, 3.63) is 65.7 Å². The summed E-state index contributed by atoms with van der Waals surface area (Å²) in [7, 11) is 0. The lowest BCUT2D eigenvalue weighted by Gasteiger charge is -2.13. The van der Waals surface area contributed by atoms with E-state index in [4.69, 9.17) is 0 Å². The van der Waals surface area contributed by atoms with Gasteiger partial charge in [0, 0.05) is 17.8 Å². The van der Waals surface area contributed by atoms with Crippen LogP contribution < -0.4 is 10.6 Å². The van der Waals surface area contributed by atoms with Gasteiger partial charge in [-0.2, -0.15) is 0 Å². The Morgan fingerprint density at radius 1 is 1.10 bits per heavy atom. The molecule has 0 aliphatic rings. The van der Waals surface area contributed by atoms with Gasteiger partial charge in [0.15, 0.2) is 0 Å². The number of rotatable bonds is 4. The molecule has 0 spiro atoms. The van der Waals surface area contributed by atoms with Gasteiger partial charge in [0.1, 0.15) is 11.6 Å². The number of halogens is 2. The number of hydrogen-bond acceptors (Lipinski definition) is 2. The average Bonchev–Trinajstić information content (AvgIpc) is 2.48. The maximum Gasteiger partial charge on any atom is 0.319 e. The molecule has 1 atom stereocenters. The summed E-state index contributed by atoms with van der Waals surface area (Å²) < 4.78 is 26.1. The maximum atomic E-state index is 13.4. The molecule has 2 rings (SSSR count). The van der Waals surface area contributed by atoms with Gasteiger partial charge < -0.3 is 15.7 Å². The first kappa shape index (κ1) is 14.9. The monoisotopic (exact) mass is 292 g/mol. The number of amides is 2. The minimum absolute atomic E-state index is 0.111. The quantitative estimate of drug-likeness (QED) is 0.811. The first-order chi connectivity index (χ1) is 10.1. The van der Waals surface area contributed by atoms with Crippen LogP contribution in [0.3, 0.4) is 0 Å². The topological polar surface area (TPSA) is 61.4 Å². The normalized spacial score (nSPS) is 11.8. The van der Waals surface area contributed by atoms with Gasteiger partial charge in [-0.25, -0.2) is 13.6 Å². The van der Waals surface area contributed by atoms with E-state index in [1.807, 2.05) is 0 Å². The number of aliphatic hydroxyl groups excluding tert-OH is 1. The van der Waals surface area contributed by atoms with Crippen molar-refractivity contribution in [2.24, 2.45) is 0 Å². The Morgan fingerprint density at radius 3 is 2.43 bits per heavy atom. The van der Waals surface area contributed by atoms with Gasteiger partial charge >= 0.3 is 6.03 Å². The largest absolute Gasteiger partial charge is 0.386 e. The fourth-order valence-electron chi connectivity index (χ4n) is 1.75. The van der Waals surface area contributed by atoms with Gasteiger partial charge in [-0.15, -0.1) is 0 Å². The van der Waals surface area contributed by atoms with E-state index in [0.29, 0.717) is 5.69 Å². The Labute approximate surface area is 120 Å². The average molecular weight is 292 g/mol. The van der Waals surface area contributed by atoms with Gasteiger partial charge in [0.25, 0.3) is 0 Å². The summed E-state index contributed by atoms with van der Waals surface area (Å²) in [5.74, 6) is -0.943. The van der Waals surface area contributed by atoms with E-state index in [1.165, 1.54) is 42.5 Å². The van der Waals surface area contributed by atoms with E-state index in [1.54, 1.807) is 6.07 Å². The second kappa shape index (κ2) is 6.81. The lowest BCUT2D eigenvalue weighted by Crippen LogP contribution is -2.32. The number of anilines is 1. The molecule has 110 valence electrons. The molecule has 3 N–H and O–H groups in total. The van der Waals surface area contributed by atoms with E-state index in [2.05, 4.69) is 10.6 Å². The minimum Gasteiger partial charge on any atom is -0.386 e. The third-order valence-corrected chi connectivity index (χ3v) is 2.82. The summed E-state index contributed by atoms with van der Waals surface area (Å²) in [4.78, 5) is 11.6. The number of carbonyl (C=O) groups excluding carboxylic acids is 1. The van der Waals surface area contributed by atoms with E-state index < -0.39 is 23.8 Å². The molecule has 2 amide bonds. The molecule has 4 nitrogen and oxygen atoms in total. The lowest BCUT2D eigenvalue weighted by atomic mass is 10.1. The zero-order chi connectivity index (χ0) is 15.2. The highest BCUT2D eigenvalue weighted by Crippen LogP contribution is 2.15. The fraction of sp³-hybridized carbons (Fsp3) is 0.133. The highest BCUT2D eigenvalue weighted by Gasteiger charge is 2.13. The summed E-state index contributed by atoms with van der Waals surface area (Å²) >= 11 is 0. The number of benzene rings is 2. The highest BCUT2D eigenvalue weighted by atomic mass is 19.1. The smallest absolute Gasteiger partial charge is 0.319 e. The van der Waals surface area contributed by atoms with Crippen molar-refractivity contribution in [2.45, 2.75) is 6.10 Å². The number of urea groups is 1. The molecule has 21 heavy (non-hydrogen) atoms. The van der Waals surface area contributed by atoms with E-state index in [-0.39, 0.29) is 12.1 Å². The van der Waals surface area contributed by atoms with Crippen molar-refractivity contribution in [1.82, 2.24) is 5.32 Å². The van der Waals surface area contributed by atoms with E-state index in [0.717, 1.165) is 0 Å². The summed E-state index contributed by atoms with van der Waals surface area (Å²) in [6, 6.07) is 10.5. The summed E-state index contributed by atoms with van der Waals surface area (Å²) in [5.41, 5.74) is 0.522. The van der Waals surface area contributed by atoms with Gasteiger partial charge in [0.05, 0.1) is 6.10 Å². The second-order valence-electron chi connectivity index (χ2n) is 4.38. The molecule has 6 heteroatoms. The maximum absolute atomic E-state index is 13.4. The standard InChI is InChI=1S/C15H14F2N2O2/c16-10-5-7-11(8-6-10)19-15(21)18-9-14(20)12-3-1-2-4-13(12)17/h1-8,14,20H,9H2,(H2,18,19,21). The molecule has 0 saturated carbocycles. The van der Waals surface area contributed by atoms with Crippen molar-refractivity contribution >= 4 is 11.7 Å². The molecule has 0 saturated heterocycles. The molecular weight excluding hydrogens is 278 g/mol. The van der Waals surface area contributed by atoms with Crippen molar-refractivity contribution in [3.8, 4) is 0 Å². The van der Waals surface area contributed by atoms with Crippen LogP contribution in [0.2, 0.25) is 0 Å². The number of aliphatic hydroxyl groups is 1. The molecule has 0 aliphatic heterocycles. The summed E-state index contributed by atoms with van der Waals surface area (Å²) in [5, 5.41) is 14.7. The van der Waals surface area contributed by atoms with Crippen LogP contribution in [0.15, 0.2) is 48.5 Å². The third-order valence-electron chi connectivity index (χ3n) is 2.82. The van der Waals surface area contributed by atoms with E-state index >= 15 is 0 Å². The number of carbonyl (C=O) groups is 1. The van der Waals surface area contributed by atoms with E-state index in [9.17, 15) is 18.7 Å². The molecule has 0 fully saturated rings. The van der Waals surface area contributed by atoms with Gasteiger partial charge in [0.2, 0.25) is 0 Å². The molecule has 0 heterocycles. The summed E-state index contributed by atoms with van der Waals surface area (Å²) in [6.45, 7) is -0.145. The van der Waals surface area contributed by atoms with Gasteiger partial charge in [-0.1, -0.05) is 18.2 Å². The molecule has 0 aromatic heterocycles. The minimum atomic E-state index is -1.15. The molecule has 2 aromatic carbocycles. The number of hydrogen-bond donors (Lipinski definition) is 3. The van der Waals surface area contributed by atoms with Gasteiger partial charge in [-0.05, 0) is 30.3 Å². The zero-order valence-corrected chi connectivity index (χ0v) is 11.0. The molecule has 0 radical (unpaired) electrons. The molecular formula is C15H14F2N2O2. The van der Waals surface area contributed by atoms with Crippen molar-refractivity contribution in [2.75, 3.05) is 11.9 Å². The molecule has 0 bridgehead atoms. The van der Waals surface area contributed by atoms with Crippen LogP contribution in [0.5, 0.6) is 0 Å². The highest BCUT2D eigenvalue weighted by molar-refractivity contribution is 5.89. The predicted octanol–water partition coefficient (Wildman–Crippen LogP) is 2.82. The first-order valence-corrected chi connectivity index (χ1v) is 6.29. The summed E-state index contributed by atoms with van der Waals surface area (Å²) in [6.07, 6.45) is -1.15. The van der Waals surface area contributed by atoms with Crippen LogP contribution in [0.1, 0.15) is 11.7 Å². The van der Waals surface area contributed by atoms with Crippen LogP contribution in [-0.4, -0.2) is 17.7 Å². The molecule has 0 aliphatic carbocycles. The Morgan fingerprint density at radius 2 is 1.76 bits per heavy atom. The SMILES string of the molecule is O=C(NCC(O)c1ccccc1F)Nc1ccc(F)cc1. The molecule has 2 aromatic rings. The number of nitrogens with one attached hydrogen (secondary N) is 2. The van der Waals surface area contributed by atoms with Crippen LogP contribution in [0.25, 0.3) is 0 Å². The third kappa shape index (κ3) is 4.25. The second-order valence-corrected chi connectivity index (χ2v) is 4.38. The van der Waals surface area contributed by atoms with Crippen molar-refractivity contribution < 1.29 is 18.7 Å². The van der Waals surface area contributed by atoms with Crippen LogP contribution >= 0.6 is 0 Å². The zero-order valence-electron chi connectivity index (χ0n) is 11.0. The fourth-order valence-corrected chi connectivity index (χ4v) is 1.75. The van der Waals surface area contributed by atoms with Crippen LogP contribution in [0.4, 0.5) is 19.3 Å². The Hall–Kier alpha value is -2.47. The first-order valence-electron chi connectivity index (χ1n) is 6.29. The Kier molecular flexibility index (Phi) is 4.84. The van der Waals surface area contributed by atoms with Crippen LogP contribution in [-0.2, 0) is 0 Å². The Bertz CT molecular complexity index is 617. The van der Waals surface area contributed by atoms with Gasteiger partial charge in [-0.3, -0.25) is 0 Å². The van der Waals surface area contributed by atoms with Crippen molar-refractivity contribution in [1.29, 1.82) is 0 Å². The lowest BCUT2D eigenvalue weighted by molar-refractivity contribution is 0.170. The predicted molar refractivity (Wildman–Crippen MR) is 74.8 cm³/mol. The Balaban J connectivity index is 1.86.